The molecule has 2 aromatic carbocycles. The lowest BCUT2D eigenvalue weighted by atomic mass is 10.1. The summed E-state index contributed by atoms with van der Waals surface area (Å²) in [5.74, 6) is -1.24. The van der Waals surface area contributed by atoms with E-state index in [9.17, 15) is 14.7 Å². The second-order valence-electron chi connectivity index (χ2n) is 4.79. The second kappa shape index (κ2) is 6.40. The van der Waals surface area contributed by atoms with Crippen molar-refractivity contribution in [2.75, 3.05) is 6.61 Å². The molecule has 3 aromatic rings. The van der Waals surface area contributed by atoms with Crippen LogP contribution >= 0.6 is 22.9 Å². The monoisotopic (exact) mass is 346 g/mol. The van der Waals surface area contributed by atoms with Crippen molar-refractivity contribution in [3.05, 3.63) is 63.3 Å². The number of ketones is 1. The van der Waals surface area contributed by atoms with Crippen LogP contribution in [0.2, 0.25) is 4.34 Å². The van der Waals surface area contributed by atoms with E-state index in [4.69, 9.17) is 16.3 Å². The number of hydrogen-bond acceptors (Lipinski definition) is 5. The summed E-state index contributed by atoms with van der Waals surface area (Å²) in [6, 6.07) is 13.5. The predicted molar refractivity (Wildman–Crippen MR) is 89.6 cm³/mol. The van der Waals surface area contributed by atoms with Crippen LogP contribution in [0.3, 0.4) is 0 Å². The summed E-state index contributed by atoms with van der Waals surface area (Å²) in [5, 5.41) is 11.6. The molecule has 1 N–H and O–H groups in total. The summed E-state index contributed by atoms with van der Waals surface area (Å²) in [6.07, 6.45) is 0. The first-order valence-electron chi connectivity index (χ1n) is 6.72. The Morgan fingerprint density at radius 2 is 1.87 bits per heavy atom. The van der Waals surface area contributed by atoms with Gasteiger partial charge in [-0.05, 0) is 23.6 Å². The molecular formula is C17H11ClO4S. The van der Waals surface area contributed by atoms with Crippen molar-refractivity contribution in [3.8, 4) is 5.75 Å². The quantitative estimate of drug-likeness (QED) is 0.565. The lowest BCUT2D eigenvalue weighted by molar-refractivity contribution is 0.0473. The highest BCUT2D eigenvalue weighted by Gasteiger charge is 2.17. The van der Waals surface area contributed by atoms with Gasteiger partial charge in [-0.1, -0.05) is 41.9 Å². The first-order valence-corrected chi connectivity index (χ1v) is 7.92. The molecule has 1 aromatic heterocycles. The average molecular weight is 347 g/mol. The number of Topliss-reactive ketones (excluding diaryl/α,β-unsaturated/α-hetero) is 1. The first kappa shape index (κ1) is 15.5. The molecule has 0 aliphatic carbocycles. The van der Waals surface area contributed by atoms with E-state index in [1.807, 2.05) is 12.1 Å². The summed E-state index contributed by atoms with van der Waals surface area (Å²) >= 11 is 6.89. The summed E-state index contributed by atoms with van der Waals surface area (Å²) in [7, 11) is 0. The largest absolute Gasteiger partial charge is 0.506 e. The van der Waals surface area contributed by atoms with E-state index in [-0.39, 0.29) is 17.1 Å². The van der Waals surface area contributed by atoms with Gasteiger partial charge in [-0.2, -0.15) is 0 Å². The molecule has 0 atom stereocenters. The molecule has 4 nitrogen and oxygen atoms in total. The minimum atomic E-state index is -0.746. The van der Waals surface area contributed by atoms with E-state index in [2.05, 4.69) is 0 Å². The van der Waals surface area contributed by atoms with Gasteiger partial charge in [0.1, 0.15) is 11.3 Å². The maximum atomic E-state index is 12.1. The van der Waals surface area contributed by atoms with Gasteiger partial charge in [0.15, 0.2) is 6.61 Å². The molecule has 0 unspecified atom stereocenters. The van der Waals surface area contributed by atoms with Crippen LogP contribution in [0.4, 0.5) is 0 Å². The van der Waals surface area contributed by atoms with Crippen LogP contribution in [0.1, 0.15) is 20.0 Å². The zero-order valence-electron chi connectivity index (χ0n) is 11.8. The van der Waals surface area contributed by atoms with Crippen molar-refractivity contribution in [2.45, 2.75) is 0 Å². The smallest absolute Gasteiger partial charge is 0.342 e. The summed E-state index contributed by atoms with van der Waals surface area (Å²) in [5.41, 5.74) is 0.0284. The van der Waals surface area contributed by atoms with Gasteiger partial charge in [0.05, 0.1) is 9.21 Å². The van der Waals surface area contributed by atoms with Crippen LogP contribution in [0, 0.1) is 0 Å². The van der Waals surface area contributed by atoms with E-state index >= 15 is 0 Å². The number of thiophene rings is 1. The highest BCUT2D eigenvalue weighted by Crippen LogP contribution is 2.29. The molecule has 0 spiro atoms. The molecule has 0 saturated carbocycles. The first-order chi connectivity index (χ1) is 11.1. The van der Waals surface area contributed by atoms with Crippen LogP contribution in [0.5, 0.6) is 5.75 Å². The molecule has 0 aliphatic heterocycles. The number of esters is 1. The van der Waals surface area contributed by atoms with Gasteiger partial charge < -0.3 is 9.84 Å². The normalized spacial score (nSPS) is 10.7. The topological polar surface area (TPSA) is 63.6 Å². The van der Waals surface area contributed by atoms with Gasteiger partial charge in [-0.15, -0.1) is 11.3 Å². The Bertz CT molecular complexity index is 900. The SMILES string of the molecule is O=C(COC(=O)c1ccc2ccccc2c1O)c1ccc(Cl)s1. The van der Waals surface area contributed by atoms with Crippen LogP contribution in [0.15, 0.2) is 48.5 Å². The van der Waals surface area contributed by atoms with Gasteiger partial charge in [0.2, 0.25) is 5.78 Å². The Kier molecular flexibility index (Phi) is 4.32. The van der Waals surface area contributed by atoms with Gasteiger partial charge in [-0.3, -0.25) is 4.79 Å². The fourth-order valence-corrected chi connectivity index (χ4v) is 3.13. The molecule has 0 fully saturated rings. The lowest BCUT2D eigenvalue weighted by Crippen LogP contribution is -2.13. The van der Waals surface area contributed by atoms with Crippen molar-refractivity contribution in [3.63, 3.8) is 0 Å². The summed E-state index contributed by atoms with van der Waals surface area (Å²) < 4.78 is 5.49. The Morgan fingerprint density at radius 3 is 2.61 bits per heavy atom. The van der Waals surface area contributed by atoms with Crippen molar-refractivity contribution >= 4 is 45.5 Å². The van der Waals surface area contributed by atoms with Crippen molar-refractivity contribution < 1.29 is 19.4 Å². The fraction of sp³-hybridized carbons (Fsp3) is 0.0588. The molecule has 0 aliphatic rings. The van der Waals surface area contributed by atoms with Crippen molar-refractivity contribution in [1.29, 1.82) is 0 Å². The number of fused-ring (bicyclic) bond motifs is 1. The number of carbonyl (C=O) groups is 2. The van der Waals surface area contributed by atoms with Gasteiger partial charge in [-0.25, -0.2) is 4.79 Å². The molecule has 0 amide bonds. The van der Waals surface area contributed by atoms with Crippen LogP contribution in [0.25, 0.3) is 10.8 Å². The molecule has 23 heavy (non-hydrogen) atoms. The van der Waals surface area contributed by atoms with Crippen LogP contribution in [-0.2, 0) is 4.74 Å². The number of phenolic OH excluding ortho intramolecular Hbond substituents is 1. The number of phenols is 1. The number of benzene rings is 2. The Balaban J connectivity index is 1.76. The van der Waals surface area contributed by atoms with E-state index in [0.29, 0.717) is 14.6 Å². The Hall–Kier alpha value is -2.37. The Morgan fingerprint density at radius 1 is 1.09 bits per heavy atom. The molecular weight excluding hydrogens is 336 g/mol. The number of hydrogen-bond donors (Lipinski definition) is 1. The molecule has 0 bridgehead atoms. The Labute approximate surface area is 140 Å². The summed E-state index contributed by atoms with van der Waals surface area (Å²) in [4.78, 5) is 24.4. The minimum absolute atomic E-state index is 0.0284. The van der Waals surface area contributed by atoms with Gasteiger partial charge in [0.25, 0.3) is 0 Å². The van der Waals surface area contributed by atoms with Gasteiger partial charge in [0, 0.05) is 5.39 Å². The summed E-state index contributed by atoms with van der Waals surface area (Å²) in [6.45, 7) is -0.401. The molecule has 116 valence electrons. The maximum absolute atomic E-state index is 12.1. The highest BCUT2D eigenvalue weighted by atomic mass is 35.5. The third kappa shape index (κ3) is 3.21. The van der Waals surface area contributed by atoms with Crippen molar-refractivity contribution in [2.24, 2.45) is 0 Å². The molecule has 1 heterocycles. The second-order valence-corrected chi connectivity index (χ2v) is 6.50. The highest BCUT2D eigenvalue weighted by molar-refractivity contribution is 7.18. The molecule has 3 rings (SSSR count). The van der Waals surface area contributed by atoms with Crippen LogP contribution < -0.4 is 0 Å². The predicted octanol–water partition coefficient (Wildman–Crippen LogP) is 4.30. The van der Waals surface area contributed by atoms with E-state index in [1.165, 1.54) is 6.07 Å². The van der Waals surface area contributed by atoms with E-state index in [1.54, 1.807) is 30.3 Å². The standard InChI is InChI=1S/C17H11ClO4S/c18-15-8-7-14(23-15)13(19)9-22-17(21)12-6-5-10-3-1-2-4-11(10)16(12)20/h1-8,20H,9H2. The fourth-order valence-electron chi connectivity index (χ4n) is 2.16. The van der Waals surface area contributed by atoms with Gasteiger partial charge >= 0.3 is 5.97 Å². The van der Waals surface area contributed by atoms with E-state index in [0.717, 1.165) is 16.7 Å². The number of halogens is 1. The maximum Gasteiger partial charge on any atom is 0.342 e. The zero-order valence-corrected chi connectivity index (χ0v) is 13.4. The number of aromatic hydroxyl groups is 1. The molecule has 0 saturated heterocycles. The minimum Gasteiger partial charge on any atom is -0.506 e. The third-order valence-corrected chi connectivity index (χ3v) is 4.58. The molecule has 0 radical (unpaired) electrons. The number of rotatable bonds is 4. The third-order valence-electron chi connectivity index (χ3n) is 3.30. The number of ether oxygens (including phenoxy) is 1. The zero-order chi connectivity index (χ0) is 16.4. The van der Waals surface area contributed by atoms with E-state index < -0.39 is 12.6 Å². The molecule has 6 heteroatoms. The number of carbonyl (C=O) groups excluding carboxylic acids is 2. The average Bonchev–Trinajstić information content (AvgIpc) is 2.99. The lowest BCUT2D eigenvalue weighted by Gasteiger charge is -2.08. The van der Waals surface area contributed by atoms with Crippen molar-refractivity contribution in [1.82, 2.24) is 0 Å². The van der Waals surface area contributed by atoms with Crippen LogP contribution in [-0.4, -0.2) is 23.5 Å².